The highest BCUT2D eigenvalue weighted by atomic mass is 35.5. The molecule has 1 aromatic heterocycles. The molecule has 0 fully saturated rings. The summed E-state index contributed by atoms with van der Waals surface area (Å²) in [6, 6.07) is 21.5. The van der Waals surface area contributed by atoms with Crippen LogP contribution in [0.25, 0.3) is 5.70 Å². The smallest absolute Gasteiger partial charge is 0.226 e. The van der Waals surface area contributed by atoms with Crippen LogP contribution in [0.4, 0.5) is 5.95 Å². The number of nitrogens with zero attached hydrogens (tertiary/aromatic N) is 3. The van der Waals surface area contributed by atoms with Crippen molar-refractivity contribution in [2.24, 2.45) is 0 Å². The Morgan fingerprint density at radius 2 is 1.76 bits per heavy atom. The number of aromatic nitrogens is 3. The summed E-state index contributed by atoms with van der Waals surface area (Å²) in [7, 11) is 3.25. The number of benzene rings is 3. The molecular weight excluding hydrogens is 452 g/mol. The predicted octanol–water partition coefficient (Wildman–Crippen LogP) is 5.51. The first-order valence-electron chi connectivity index (χ1n) is 10.8. The number of nitrogens with one attached hydrogen (secondary N) is 1. The first-order chi connectivity index (χ1) is 16.7. The quantitative estimate of drug-likeness (QED) is 0.422. The van der Waals surface area contributed by atoms with Gasteiger partial charge in [-0.25, -0.2) is 4.68 Å². The second-order valence-corrected chi connectivity index (χ2v) is 8.49. The lowest BCUT2D eigenvalue weighted by Gasteiger charge is -2.39. The lowest BCUT2D eigenvalue weighted by molar-refractivity contribution is 0.222. The van der Waals surface area contributed by atoms with Crippen molar-refractivity contribution >= 4 is 23.2 Å². The number of ether oxygens (including phenoxy) is 3. The van der Waals surface area contributed by atoms with E-state index in [0.717, 1.165) is 33.7 Å². The summed E-state index contributed by atoms with van der Waals surface area (Å²) in [6.45, 7) is 0. The fourth-order valence-corrected chi connectivity index (χ4v) is 4.86. The molecule has 7 nitrogen and oxygen atoms in total. The van der Waals surface area contributed by atoms with Crippen LogP contribution in [-0.2, 0) is 0 Å². The van der Waals surface area contributed by atoms with E-state index in [2.05, 4.69) is 27.5 Å². The van der Waals surface area contributed by atoms with E-state index in [1.807, 2.05) is 59.3 Å². The van der Waals surface area contributed by atoms with Crippen molar-refractivity contribution in [1.82, 2.24) is 14.8 Å². The molecule has 0 amide bonds. The topological polar surface area (TPSA) is 70.4 Å². The summed E-state index contributed by atoms with van der Waals surface area (Å²) >= 11 is 6.40. The summed E-state index contributed by atoms with van der Waals surface area (Å²) in [5.74, 6) is 2.68. The minimum atomic E-state index is -0.418. The van der Waals surface area contributed by atoms with Gasteiger partial charge in [-0.1, -0.05) is 48.0 Å². The van der Waals surface area contributed by atoms with E-state index in [9.17, 15) is 0 Å². The molecule has 0 saturated heterocycles. The van der Waals surface area contributed by atoms with Crippen molar-refractivity contribution in [3.05, 3.63) is 100 Å². The molecular formula is C26H21ClN4O3. The Bertz CT molecular complexity index is 1420. The fraction of sp³-hybridized carbons (Fsp3) is 0.154. The second kappa shape index (κ2) is 8.11. The Labute approximate surface area is 201 Å². The molecule has 3 heterocycles. The lowest BCUT2D eigenvalue weighted by Crippen LogP contribution is -2.32. The van der Waals surface area contributed by atoms with E-state index in [1.165, 1.54) is 0 Å². The van der Waals surface area contributed by atoms with Crippen molar-refractivity contribution in [3.63, 3.8) is 0 Å². The van der Waals surface area contributed by atoms with Crippen LogP contribution in [0.1, 0.15) is 28.8 Å². The summed E-state index contributed by atoms with van der Waals surface area (Å²) in [5.41, 5.74) is 4.80. The number of hydrogen-bond acceptors (Lipinski definition) is 6. The lowest BCUT2D eigenvalue weighted by atomic mass is 9.84. The molecule has 0 radical (unpaired) electrons. The SMILES string of the molecule is COc1ccc([C@@H]2Oc3ccc(Cl)cc3C3=C2[C@@H](c2ccccc2)n2ncnc2N3)cc1OC. The maximum atomic E-state index is 6.64. The Morgan fingerprint density at radius 3 is 2.56 bits per heavy atom. The number of anilines is 1. The van der Waals surface area contributed by atoms with Gasteiger partial charge in [-0.05, 0) is 35.9 Å². The van der Waals surface area contributed by atoms with E-state index in [1.54, 1.807) is 20.5 Å². The van der Waals surface area contributed by atoms with Crippen LogP contribution in [0.3, 0.4) is 0 Å². The van der Waals surface area contributed by atoms with Gasteiger partial charge in [-0.2, -0.15) is 10.1 Å². The zero-order valence-corrected chi connectivity index (χ0v) is 19.3. The monoisotopic (exact) mass is 472 g/mol. The van der Waals surface area contributed by atoms with E-state index in [-0.39, 0.29) is 6.04 Å². The number of hydrogen-bond donors (Lipinski definition) is 1. The number of rotatable bonds is 4. The number of fused-ring (bicyclic) bond motifs is 3. The van der Waals surface area contributed by atoms with E-state index < -0.39 is 6.10 Å². The third-order valence-corrected chi connectivity index (χ3v) is 6.44. The van der Waals surface area contributed by atoms with Crippen LogP contribution < -0.4 is 19.5 Å². The average molecular weight is 473 g/mol. The molecule has 3 aromatic carbocycles. The van der Waals surface area contributed by atoms with Crippen LogP contribution in [0.15, 0.2) is 78.6 Å². The zero-order valence-electron chi connectivity index (χ0n) is 18.5. The molecule has 0 spiro atoms. The fourth-order valence-electron chi connectivity index (χ4n) is 4.69. The summed E-state index contributed by atoms with van der Waals surface area (Å²) < 4.78 is 19.6. The molecule has 4 aromatic rings. The largest absolute Gasteiger partial charge is 0.493 e. The van der Waals surface area contributed by atoms with Gasteiger partial charge in [0, 0.05) is 21.7 Å². The summed E-state index contributed by atoms with van der Waals surface area (Å²) in [6.07, 6.45) is 1.14. The highest BCUT2D eigenvalue weighted by molar-refractivity contribution is 6.30. The Hall–Kier alpha value is -3.97. The van der Waals surface area contributed by atoms with Gasteiger partial charge < -0.3 is 19.5 Å². The molecule has 2 atom stereocenters. The predicted molar refractivity (Wildman–Crippen MR) is 130 cm³/mol. The number of halogens is 1. The van der Waals surface area contributed by atoms with Crippen molar-refractivity contribution in [2.75, 3.05) is 19.5 Å². The van der Waals surface area contributed by atoms with Gasteiger partial charge in [-0.3, -0.25) is 0 Å². The standard InChI is InChI=1S/C26H21ClN4O3/c1-32-20-10-8-16(12-21(20)33-2)25-22-23(18-13-17(27)9-11-19(18)34-25)30-26-28-14-29-31(26)24(22)15-6-4-3-5-7-15/h3-14,24-25H,1-2H3,(H,28,29,30)/t24-,25+/m1/s1. The summed E-state index contributed by atoms with van der Waals surface area (Å²) in [4.78, 5) is 4.46. The van der Waals surface area contributed by atoms with Gasteiger partial charge >= 0.3 is 0 Å². The molecule has 1 N–H and O–H groups in total. The maximum absolute atomic E-state index is 6.64. The molecule has 0 saturated carbocycles. The number of methoxy groups -OCH3 is 2. The van der Waals surface area contributed by atoms with Crippen molar-refractivity contribution in [1.29, 1.82) is 0 Å². The highest BCUT2D eigenvalue weighted by Gasteiger charge is 2.41. The third kappa shape index (κ3) is 3.20. The van der Waals surface area contributed by atoms with Gasteiger partial charge in [0.15, 0.2) is 11.5 Å². The minimum absolute atomic E-state index is 0.236. The average Bonchev–Trinajstić information content (AvgIpc) is 3.35. The van der Waals surface area contributed by atoms with Gasteiger partial charge in [0.1, 0.15) is 24.2 Å². The van der Waals surface area contributed by atoms with Crippen LogP contribution in [0.5, 0.6) is 17.2 Å². The van der Waals surface area contributed by atoms with Crippen LogP contribution in [0.2, 0.25) is 5.02 Å². The van der Waals surface area contributed by atoms with Gasteiger partial charge in [0.2, 0.25) is 5.95 Å². The van der Waals surface area contributed by atoms with E-state index >= 15 is 0 Å². The molecule has 8 heteroatoms. The van der Waals surface area contributed by atoms with Gasteiger partial charge in [0.05, 0.1) is 19.9 Å². The first-order valence-corrected chi connectivity index (χ1v) is 11.2. The highest BCUT2D eigenvalue weighted by Crippen LogP contribution is 2.51. The molecule has 2 aliphatic rings. The van der Waals surface area contributed by atoms with Crippen molar-refractivity contribution in [2.45, 2.75) is 12.1 Å². The first kappa shape index (κ1) is 20.6. The zero-order chi connectivity index (χ0) is 23.2. The van der Waals surface area contributed by atoms with Gasteiger partial charge in [0.25, 0.3) is 0 Å². The second-order valence-electron chi connectivity index (χ2n) is 8.05. The Morgan fingerprint density at radius 1 is 0.941 bits per heavy atom. The van der Waals surface area contributed by atoms with Crippen LogP contribution in [-0.4, -0.2) is 29.0 Å². The van der Waals surface area contributed by atoms with Crippen LogP contribution >= 0.6 is 11.6 Å². The van der Waals surface area contributed by atoms with Crippen molar-refractivity contribution in [3.8, 4) is 17.2 Å². The minimum Gasteiger partial charge on any atom is -0.493 e. The molecule has 0 bridgehead atoms. The Kier molecular flexibility index (Phi) is 4.92. The molecule has 2 aliphatic heterocycles. The maximum Gasteiger partial charge on any atom is 0.226 e. The summed E-state index contributed by atoms with van der Waals surface area (Å²) in [5, 5.41) is 8.67. The Balaban J connectivity index is 1.62. The van der Waals surface area contributed by atoms with E-state index in [0.29, 0.717) is 22.5 Å². The van der Waals surface area contributed by atoms with Crippen LogP contribution in [0, 0.1) is 0 Å². The van der Waals surface area contributed by atoms with E-state index in [4.69, 9.17) is 25.8 Å². The molecule has 34 heavy (non-hydrogen) atoms. The molecule has 170 valence electrons. The normalized spacial score (nSPS) is 18.2. The molecule has 6 rings (SSSR count). The molecule has 0 aliphatic carbocycles. The third-order valence-electron chi connectivity index (χ3n) is 6.20. The van der Waals surface area contributed by atoms with Gasteiger partial charge in [-0.15, -0.1) is 0 Å². The molecule has 0 unspecified atom stereocenters. The van der Waals surface area contributed by atoms with Crippen molar-refractivity contribution < 1.29 is 14.2 Å².